The van der Waals surface area contributed by atoms with E-state index in [4.69, 9.17) is 4.99 Å². The Morgan fingerprint density at radius 1 is 0.900 bits per heavy atom. The Morgan fingerprint density at radius 3 is 2.43 bits per heavy atom. The van der Waals surface area contributed by atoms with E-state index in [1.807, 2.05) is 16.9 Å². The molecule has 3 N–H and O–H groups in total. The molecule has 0 fully saturated rings. The summed E-state index contributed by atoms with van der Waals surface area (Å²) in [5, 5.41) is 10.3. The van der Waals surface area contributed by atoms with Crippen molar-refractivity contribution in [2.45, 2.75) is 19.5 Å². The molecule has 1 aliphatic rings. The highest BCUT2D eigenvalue weighted by atomic mass is 15.4. The van der Waals surface area contributed by atoms with Gasteiger partial charge in [0.15, 0.2) is 17.7 Å². The maximum atomic E-state index is 4.72. The number of aryl methyl sites for hydroxylation is 1. The Kier molecular flexibility index (Phi) is 4.36. The van der Waals surface area contributed by atoms with Crippen LogP contribution >= 0.6 is 0 Å². The van der Waals surface area contributed by atoms with E-state index in [0.717, 1.165) is 22.8 Å². The van der Waals surface area contributed by atoms with Crippen LogP contribution < -0.4 is 15.3 Å². The van der Waals surface area contributed by atoms with E-state index in [-0.39, 0.29) is 0 Å². The Hall–Kier alpha value is -3.86. The number of benzene rings is 3. The average Bonchev–Trinajstić information content (AvgIpc) is 3.21. The molecule has 1 atom stereocenters. The summed E-state index contributed by atoms with van der Waals surface area (Å²) >= 11 is 0. The van der Waals surface area contributed by atoms with E-state index in [9.17, 15) is 0 Å². The summed E-state index contributed by atoms with van der Waals surface area (Å²) in [7, 11) is 0. The summed E-state index contributed by atoms with van der Waals surface area (Å²) in [5.74, 6) is 0.978. The van der Waals surface area contributed by atoms with E-state index in [1.165, 1.54) is 16.7 Å². The van der Waals surface area contributed by atoms with Gasteiger partial charge in [0.1, 0.15) is 5.56 Å². The highest BCUT2D eigenvalue weighted by Gasteiger charge is 2.38. The fraction of sp³-hybridized carbons (Fsp3) is 0.120. The Morgan fingerprint density at radius 2 is 1.67 bits per heavy atom. The van der Waals surface area contributed by atoms with Gasteiger partial charge in [-0.25, -0.2) is 15.4 Å². The van der Waals surface area contributed by atoms with Gasteiger partial charge >= 0.3 is 5.82 Å². The second-order valence-corrected chi connectivity index (χ2v) is 7.75. The Bertz CT molecular complexity index is 1210. The number of aliphatic imine (C=N–C) groups is 1. The molecule has 4 aromatic rings. The summed E-state index contributed by atoms with van der Waals surface area (Å²) in [4.78, 5) is 4.72. The zero-order valence-electron chi connectivity index (χ0n) is 17.1. The van der Waals surface area contributed by atoms with Crippen LogP contribution in [0.1, 0.15) is 18.1 Å². The highest BCUT2D eigenvalue weighted by Crippen LogP contribution is 2.34. The van der Waals surface area contributed by atoms with Gasteiger partial charge in [-0.2, -0.15) is 0 Å². The quantitative estimate of drug-likeness (QED) is 0.426. The molecule has 5 nitrogen and oxygen atoms in total. The fourth-order valence-corrected chi connectivity index (χ4v) is 3.92. The number of rotatable bonds is 4. The number of nitrogens with one attached hydrogen (secondary N) is 3. The average molecular weight is 395 g/mol. The molecule has 0 aliphatic carbocycles. The molecule has 2 heterocycles. The molecule has 1 aliphatic heterocycles. The largest absolute Gasteiger partial charge is 0.357 e. The molecule has 0 radical (unpaired) electrons. The first kappa shape index (κ1) is 18.2. The summed E-state index contributed by atoms with van der Waals surface area (Å²) in [6.07, 6.45) is 3.76. The van der Waals surface area contributed by atoms with Crippen molar-refractivity contribution < 1.29 is 4.68 Å². The van der Waals surface area contributed by atoms with Crippen molar-refractivity contribution >= 4 is 17.8 Å². The first-order valence-electron chi connectivity index (χ1n) is 10.1. The van der Waals surface area contributed by atoms with Gasteiger partial charge in [-0.15, -0.1) is 4.68 Å². The zero-order chi connectivity index (χ0) is 20.6. The third kappa shape index (κ3) is 3.24. The van der Waals surface area contributed by atoms with Crippen LogP contribution in [0.25, 0.3) is 16.8 Å². The van der Waals surface area contributed by atoms with E-state index in [0.29, 0.717) is 0 Å². The monoisotopic (exact) mass is 394 g/mol. The zero-order valence-corrected chi connectivity index (χ0v) is 17.1. The number of fused-ring (bicyclic) bond motifs is 1. The van der Waals surface area contributed by atoms with Gasteiger partial charge in [0.05, 0.1) is 6.20 Å². The van der Waals surface area contributed by atoms with E-state index < -0.39 is 5.66 Å². The number of hydrogen-bond donors (Lipinski definition) is 3. The maximum Gasteiger partial charge on any atom is 0.313 e. The molecular weight excluding hydrogens is 370 g/mol. The predicted octanol–water partition coefficient (Wildman–Crippen LogP) is 5.01. The normalized spacial score (nSPS) is 17.3. The lowest BCUT2D eigenvalue weighted by Crippen LogP contribution is -2.40. The highest BCUT2D eigenvalue weighted by molar-refractivity contribution is 5.79. The topological polar surface area (TPSA) is 56.1 Å². The van der Waals surface area contributed by atoms with Crippen molar-refractivity contribution in [1.82, 2.24) is 5.10 Å². The molecular formula is C25H24N5+. The molecule has 0 spiro atoms. The minimum atomic E-state index is -0.583. The summed E-state index contributed by atoms with van der Waals surface area (Å²) in [6, 6.07) is 27.3. The van der Waals surface area contributed by atoms with Crippen LogP contribution in [0.3, 0.4) is 0 Å². The van der Waals surface area contributed by atoms with Crippen LogP contribution in [0.2, 0.25) is 0 Å². The number of aromatic nitrogens is 2. The van der Waals surface area contributed by atoms with E-state index >= 15 is 0 Å². The lowest BCUT2D eigenvalue weighted by Gasteiger charge is -2.28. The van der Waals surface area contributed by atoms with Crippen molar-refractivity contribution in [2.75, 3.05) is 10.6 Å². The molecule has 30 heavy (non-hydrogen) atoms. The summed E-state index contributed by atoms with van der Waals surface area (Å²) in [5.41, 5.74) is 6.19. The van der Waals surface area contributed by atoms with Crippen molar-refractivity contribution in [3.8, 4) is 16.8 Å². The second-order valence-electron chi connectivity index (χ2n) is 7.75. The Balaban J connectivity index is 1.45. The van der Waals surface area contributed by atoms with Crippen LogP contribution in [0.5, 0.6) is 0 Å². The van der Waals surface area contributed by atoms with Crippen LogP contribution in [0.4, 0.5) is 11.5 Å². The first-order valence-corrected chi connectivity index (χ1v) is 10.1. The number of anilines is 2. The van der Waals surface area contributed by atoms with Gasteiger partial charge in [0, 0.05) is 5.69 Å². The number of hydrogen-bond acceptors (Lipinski definition) is 3. The van der Waals surface area contributed by atoms with Crippen molar-refractivity contribution in [3.05, 3.63) is 96.2 Å². The van der Waals surface area contributed by atoms with Gasteiger partial charge in [0.25, 0.3) is 0 Å². The fourth-order valence-electron chi connectivity index (χ4n) is 3.92. The summed E-state index contributed by atoms with van der Waals surface area (Å²) in [6.45, 7) is 4.18. The molecule has 148 valence electrons. The number of aromatic amines is 1. The Labute approximate surface area is 176 Å². The smallest absolute Gasteiger partial charge is 0.313 e. The molecule has 0 bridgehead atoms. The molecule has 1 aromatic heterocycles. The SMILES string of the molecule is Cc1cccc(-[n+]2[nH]cc3c2NC=N[C@]3(C)Nc2ccc(-c3ccccc3)cc2)c1. The van der Waals surface area contributed by atoms with Gasteiger partial charge in [-0.3, -0.25) is 0 Å². The molecule has 5 rings (SSSR count). The molecule has 0 unspecified atom stereocenters. The summed E-state index contributed by atoms with van der Waals surface area (Å²) < 4.78 is 2.05. The minimum Gasteiger partial charge on any atom is -0.357 e. The standard InChI is InChI=1S/C25H23N5/c1-18-7-6-10-22(15-18)30-24-23(16-28-30)25(2,27-17-26-24)29-21-13-11-20(12-14-21)19-8-4-3-5-9-19/h3-17,29H,1-2H3,(H,26,27,28)/p+1/t25-/m1/s1. The van der Waals surface area contributed by atoms with Crippen LogP contribution in [0.15, 0.2) is 90.1 Å². The van der Waals surface area contributed by atoms with E-state index in [1.54, 1.807) is 6.34 Å². The first-order chi connectivity index (χ1) is 14.6. The maximum absolute atomic E-state index is 4.72. The molecule has 3 aromatic carbocycles. The number of H-pyrrole nitrogens is 1. The third-order valence-corrected chi connectivity index (χ3v) is 5.50. The van der Waals surface area contributed by atoms with Gasteiger partial charge < -0.3 is 5.32 Å². The lowest BCUT2D eigenvalue weighted by molar-refractivity contribution is -0.641. The van der Waals surface area contributed by atoms with Crippen molar-refractivity contribution in [3.63, 3.8) is 0 Å². The van der Waals surface area contributed by atoms with Crippen molar-refractivity contribution in [1.29, 1.82) is 0 Å². The van der Waals surface area contributed by atoms with E-state index in [2.05, 4.69) is 102 Å². The third-order valence-electron chi connectivity index (χ3n) is 5.50. The predicted molar refractivity (Wildman–Crippen MR) is 122 cm³/mol. The second kappa shape index (κ2) is 7.19. The lowest BCUT2D eigenvalue weighted by atomic mass is 10.0. The van der Waals surface area contributed by atoms with Crippen LogP contribution in [0, 0.1) is 6.92 Å². The van der Waals surface area contributed by atoms with Gasteiger partial charge in [0.2, 0.25) is 0 Å². The minimum absolute atomic E-state index is 0.583. The molecule has 0 saturated heterocycles. The van der Waals surface area contributed by atoms with Crippen LogP contribution in [-0.2, 0) is 5.66 Å². The van der Waals surface area contributed by atoms with Gasteiger partial charge in [-0.1, -0.05) is 54.6 Å². The van der Waals surface area contributed by atoms with Crippen LogP contribution in [-0.4, -0.2) is 11.4 Å². The molecule has 5 heteroatoms. The van der Waals surface area contributed by atoms with Gasteiger partial charge in [-0.05, 0) is 54.8 Å². The molecule has 0 saturated carbocycles. The number of nitrogens with zero attached hydrogens (tertiary/aromatic N) is 2. The molecule has 0 amide bonds. The van der Waals surface area contributed by atoms with Crippen molar-refractivity contribution in [2.24, 2.45) is 4.99 Å².